The van der Waals surface area contributed by atoms with Gasteiger partial charge in [-0.3, -0.25) is 9.59 Å². The molecule has 2 heterocycles. The van der Waals surface area contributed by atoms with Crippen molar-refractivity contribution in [2.24, 2.45) is 0 Å². The lowest BCUT2D eigenvalue weighted by Gasteiger charge is -2.23. The van der Waals surface area contributed by atoms with E-state index in [9.17, 15) is 14.9 Å². The summed E-state index contributed by atoms with van der Waals surface area (Å²) < 4.78 is 10.5. The van der Waals surface area contributed by atoms with Gasteiger partial charge in [-0.1, -0.05) is 17.8 Å². The molecular weight excluding hydrogens is 366 g/mol. The molecule has 1 aliphatic rings. The monoisotopic (exact) mass is 383 g/mol. The number of hydrogen-bond acceptors (Lipinski definition) is 6. The lowest BCUT2D eigenvalue weighted by Crippen LogP contribution is -2.31. The maximum atomic E-state index is 12.2. The van der Waals surface area contributed by atoms with E-state index in [2.05, 4.69) is 16.7 Å². The number of ether oxygens (including phenoxy) is 1. The zero-order valence-electron chi connectivity index (χ0n) is 14.5. The Labute approximate surface area is 160 Å². The van der Waals surface area contributed by atoms with Crippen molar-refractivity contribution < 1.29 is 18.7 Å². The highest BCUT2D eigenvalue weighted by molar-refractivity contribution is 8.03. The van der Waals surface area contributed by atoms with E-state index in [1.165, 1.54) is 6.26 Å². The van der Waals surface area contributed by atoms with Gasteiger partial charge in [-0.05, 0) is 24.3 Å². The number of thioether (sulfide) groups is 1. The third-order valence-electron chi connectivity index (χ3n) is 3.94. The molecule has 0 bridgehead atoms. The number of nitriles is 1. The largest absolute Gasteiger partial charge is 0.497 e. The van der Waals surface area contributed by atoms with Crippen LogP contribution in [0.2, 0.25) is 0 Å². The van der Waals surface area contributed by atoms with Gasteiger partial charge in [0, 0.05) is 18.2 Å². The summed E-state index contributed by atoms with van der Waals surface area (Å²) in [6.45, 7) is 0. The molecule has 2 aromatic rings. The second-order valence-corrected chi connectivity index (χ2v) is 6.73. The van der Waals surface area contributed by atoms with Crippen molar-refractivity contribution in [1.29, 1.82) is 5.26 Å². The lowest BCUT2D eigenvalue weighted by atomic mass is 9.92. The highest BCUT2D eigenvalue weighted by atomic mass is 32.2. The number of amides is 2. The molecule has 1 aliphatic heterocycles. The third kappa shape index (κ3) is 4.51. The van der Waals surface area contributed by atoms with Crippen molar-refractivity contribution in [1.82, 2.24) is 5.32 Å². The second kappa shape index (κ2) is 8.47. The van der Waals surface area contributed by atoms with E-state index in [-0.39, 0.29) is 24.0 Å². The SMILES string of the molecule is COc1cccc(NC(=O)CSC2=C(C#N)[C@H](c3ccco3)CC(=O)N2)c1. The summed E-state index contributed by atoms with van der Waals surface area (Å²) in [6, 6.07) is 12.6. The highest BCUT2D eigenvalue weighted by Gasteiger charge is 2.31. The smallest absolute Gasteiger partial charge is 0.234 e. The summed E-state index contributed by atoms with van der Waals surface area (Å²) in [7, 11) is 1.55. The van der Waals surface area contributed by atoms with Crippen LogP contribution in [0.5, 0.6) is 5.75 Å². The van der Waals surface area contributed by atoms with Gasteiger partial charge >= 0.3 is 0 Å². The van der Waals surface area contributed by atoms with Gasteiger partial charge in [-0.25, -0.2) is 0 Å². The molecule has 2 N–H and O–H groups in total. The zero-order valence-corrected chi connectivity index (χ0v) is 15.3. The fourth-order valence-electron chi connectivity index (χ4n) is 2.70. The molecule has 0 fully saturated rings. The number of rotatable bonds is 6. The Morgan fingerprint density at radius 3 is 3.00 bits per heavy atom. The molecule has 0 saturated heterocycles. The van der Waals surface area contributed by atoms with Gasteiger partial charge in [-0.15, -0.1) is 0 Å². The summed E-state index contributed by atoms with van der Waals surface area (Å²) in [5.74, 6) is 0.320. The van der Waals surface area contributed by atoms with E-state index in [0.29, 0.717) is 27.8 Å². The molecule has 2 amide bonds. The number of furan rings is 1. The zero-order chi connectivity index (χ0) is 19.2. The number of allylic oxidation sites excluding steroid dienone is 1. The second-order valence-electron chi connectivity index (χ2n) is 5.74. The fraction of sp³-hybridized carbons (Fsp3) is 0.211. The molecule has 8 heteroatoms. The Kier molecular flexibility index (Phi) is 5.84. The van der Waals surface area contributed by atoms with E-state index in [4.69, 9.17) is 9.15 Å². The van der Waals surface area contributed by atoms with Crippen LogP contribution in [0.15, 0.2) is 57.7 Å². The van der Waals surface area contributed by atoms with E-state index in [1.807, 2.05) is 0 Å². The van der Waals surface area contributed by atoms with Crippen molar-refractivity contribution in [3.8, 4) is 11.8 Å². The van der Waals surface area contributed by atoms with Crippen LogP contribution in [0.1, 0.15) is 18.1 Å². The van der Waals surface area contributed by atoms with Gasteiger partial charge in [0.1, 0.15) is 11.5 Å². The molecule has 0 radical (unpaired) electrons. The average Bonchev–Trinajstić information content (AvgIpc) is 3.20. The summed E-state index contributed by atoms with van der Waals surface area (Å²) in [5, 5.41) is 15.4. The molecule has 1 aromatic heterocycles. The van der Waals surface area contributed by atoms with Gasteiger partial charge in [0.05, 0.1) is 41.7 Å². The normalized spacial score (nSPS) is 16.4. The molecular formula is C19H17N3O4S. The first-order valence-electron chi connectivity index (χ1n) is 8.15. The summed E-state index contributed by atoms with van der Waals surface area (Å²) >= 11 is 1.11. The van der Waals surface area contributed by atoms with Crippen molar-refractivity contribution in [3.63, 3.8) is 0 Å². The fourth-order valence-corrected chi connectivity index (χ4v) is 3.58. The predicted octanol–water partition coefficient (Wildman–Crippen LogP) is 3.00. The highest BCUT2D eigenvalue weighted by Crippen LogP contribution is 2.36. The Balaban J connectivity index is 1.70. The molecule has 0 saturated carbocycles. The van der Waals surface area contributed by atoms with Crippen molar-refractivity contribution >= 4 is 29.3 Å². The van der Waals surface area contributed by atoms with E-state index in [1.54, 1.807) is 43.5 Å². The van der Waals surface area contributed by atoms with Crippen LogP contribution in [0.4, 0.5) is 5.69 Å². The Hall–Kier alpha value is -3.18. The molecule has 0 spiro atoms. The molecule has 3 rings (SSSR count). The molecule has 7 nitrogen and oxygen atoms in total. The van der Waals surface area contributed by atoms with Crippen LogP contribution in [0.3, 0.4) is 0 Å². The quantitative estimate of drug-likeness (QED) is 0.795. The van der Waals surface area contributed by atoms with Gasteiger partial charge in [0.2, 0.25) is 11.8 Å². The minimum atomic E-state index is -0.442. The van der Waals surface area contributed by atoms with E-state index >= 15 is 0 Å². The number of nitrogens with zero attached hydrogens (tertiary/aromatic N) is 1. The summed E-state index contributed by atoms with van der Waals surface area (Å²) in [4.78, 5) is 24.3. The number of anilines is 1. The predicted molar refractivity (Wildman–Crippen MR) is 101 cm³/mol. The first-order valence-corrected chi connectivity index (χ1v) is 9.13. The molecule has 1 aromatic carbocycles. The maximum absolute atomic E-state index is 12.2. The molecule has 1 atom stereocenters. The van der Waals surface area contributed by atoms with Crippen LogP contribution in [-0.2, 0) is 9.59 Å². The standard InChI is InChI=1S/C19H17N3O4S/c1-25-13-5-2-4-12(8-13)21-18(24)11-27-19-15(10-20)14(9-17(23)22-19)16-6-3-7-26-16/h2-8,14H,9,11H2,1H3,(H,21,24)(H,22,23)/t14-/m1/s1. The van der Waals surface area contributed by atoms with Crippen molar-refractivity contribution in [2.75, 3.05) is 18.2 Å². The number of carbonyl (C=O) groups is 2. The molecule has 138 valence electrons. The van der Waals surface area contributed by atoms with Gasteiger partial charge in [0.25, 0.3) is 0 Å². The third-order valence-corrected chi connectivity index (χ3v) is 4.96. The first-order chi connectivity index (χ1) is 13.1. The summed E-state index contributed by atoms with van der Waals surface area (Å²) in [6.07, 6.45) is 1.64. The lowest BCUT2D eigenvalue weighted by molar-refractivity contribution is -0.121. The minimum Gasteiger partial charge on any atom is -0.497 e. The number of nitrogens with one attached hydrogen (secondary N) is 2. The minimum absolute atomic E-state index is 0.0445. The first kappa shape index (κ1) is 18.6. The number of benzene rings is 1. The van der Waals surface area contributed by atoms with Crippen molar-refractivity contribution in [2.45, 2.75) is 12.3 Å². The van der Waals surface area contributed by atoms with Crippen LogP contribution >= 0.6 is 11.8 Å². The van der Waals surface area contributed by atoms with Gasteiger partial charge < -0.3 is 19.8 Å². The van der Waals surface area contributed by atoms with Crippen LogP contribution in [0.25, 0.3) is 0 Å². The maximum Gasteiger partial charge on any atom is 0.234 e. The van der Waals surface area contributed by atoms with Gasteiger partial charge in [-0.2, -0.15) is 5.26 Å². The van der Waals surface area contributed by atoms with Gasteiger partial charge in [0.15, 0.2) is 0 Å². The number of hydrogen-bond donors (Lipinski definition) is 2. The average molecular weight is 383 g/mol. The number of methoxy groups -OCH3 is 1. The van der Waals surface area contributed by atoms with Crippen LogP contribution in [-0.4, -0.2) is 24.7 Å². The number of carbonyl (C=O) groups excluding carboxylic acids is 2. The molecule has 0 unspecified atom stereocenters. The van der Waals surface area contributed by atoms with E-state index in [0.717, 1.165) is 11.8 Å². The Morgan fingerprint density at radius 2 is 2.30 bits per heavy atom. The Bertz CT molecular complexity index is 915. The van der Waals surface area contributed by atoms with Crippen LogP contribution < -0.4 is 15.4 Å². The topological polar surface area (TPSA) is 104 Å². The van der Waals surface area contributed by atoms with Crippen molar-refractivity contribution in [3.05, 3.63) is 59.0 Å². The molecule has 27 heavy (non-hydrogen) atoms. The van der Waals surface area contributed by atoms with Crippen LogP contribution in [0, 0.1) is 11.3 Å². The Morgan fingerprint density at radius 1 is 1.44 bits per heavy atom. The van der Waals surface area contributed by atoms with E-state index < -0.39 is 5.92 Å². The summed E-state index contributed by atoms with van der Waals surface area (Å²) in [5.41, 5.74) is 0.999. The molecule has 0 aliphatic carbocycles.